The Kier molecular flexibility index (Phi) is 9.28. The van der Waals surface area contributed by atoms with Crippen molar-refractivity contribution >= 4 is 24.0 Å². The molecule has 47 heavy (non-hydrogen) atoms. The van der Waals surface area contributed by atoms with Gasteiger partial charge in [0.05, 0.1) is 48.4 Å². The van der Waals surface area contributed by atoms with Crippen molar-refractivity contribution in [3.05, 3.63) is 95.3 Å². The van der Waals surface area contributed by atoms with Crippen LogP contribution < -0.4 is 21.0 Å². The number of rotatable bonds is 10. The summed E-state index contributed by atoms with van der Waals surface area (Å²) < 4.78 is 36.9. The van der Waals surface area contributed by atoms with Crippen LogP contribution in [0, 0.1) is 0 Å². The first kappa shape index (κ1) is 32.9. The van der Waals surface area contributed by atoms with Crippen molar-refractivity contribution < 1.29 is 18.4 Å². The summed E-state index contributed by atoms with van der Waals surface area (Å²) in [6, 6.07) is 21.1. The highest BCUT2D eigenvalue weighted by Gasteiger charge is 2.51. The zero-order chi connectivity index (χ0) is 33.3. The van der Waals surface area contributed by atoms with Gasteiger partial charge in [0.1, 0.15) is 12.1 Å². The normalized spacial score (nSPS) is 20.4. The van der Waals surface area contributed by atoms with Gasteiger partial charge in [-0.3, -0.25) is 0 Å². The third kappa shape index (κ3) is 6.72. The second-order valence-corrected chi connectivity index (χ2v) is 13.3. The Labute approximate surface area is 276 Å². The molecule has 4 heterocycles. The number of ether oxygens (including phenoxy) is 1. The van der Waals surface area contributed by atoms with Crippen molar-refractivity contribution in [1.29, 1.82) is 0 Å². The highest BCUT2D eigenvalue weighted by molar-refractivity contribution is 6.62. The molecule has 3 atom stereocenters. The summed E-state index contributed by atoms with van der Waals surface area (Å²) in [7, 11) is -0.455. The van der Waals surface area contributed by atoms with E-state index in [0.717, 1.165) is 22.4 Å². The molecule has 2 fully saturated rings. The van der Waals surface area contributed by atoms with Gasteiger partial charge < -0.3 is 23.8 Å². The average molecular weight is 643 g/mol. The average Bonchev–Trinajstić information content (AvgIpc) is 3.55. The lowest BCUT2D eigenvalue weighted by atomic mass is 9.79. The Morgan fingerprint density at radius 2 is 1.66 bits per heavy atom. The molecule has 2 aromatic carbocycles. The van der Waals surface area contributed by atoms with Crippen LogP contribution in [0.4, 0.5) is 15.8 Å². The first-order chi connectivity index (χ1) is 22.5. The van der Waals surface area contributed by atoms with Crippen LogP contribution >= 0.6 is 0 Å². The van der Waals surface area contributed by atoms with Crippen molar-refractivity contribution in [1.82, 2.24) is 19.3 Å². The van der Waals surface area contributed by atoms with Crippen molar-refractivity contribution in [3.8, 4) is 5.82 Å². The summed E-state index contributed by atoms with van der Waals surface area (Å²) in [5, 5.41) is 4.41. The predicted molar refractivity (Wildman–Crippen MR) is 182 cm³/mol. The van der Waals surface area contributed by atoms with Crippen LogP contribution in [-0.4, -0.2) is 69.7 Å². The van der Waals surface area contributed by atoms with Gasteiger partial charge in [0.25, 0.3) is 0 Å². The van der Waals surface area contributed by atoms with E-state index in [9.17, 15) is 4.79 Å². The van der Waals surface area contributed by atoms with Gasteiger partial charge in [0.15, 0.2) is 6.30 Å². The minimum atomic E-state index is -1.20. The lowest BCUT2D eigenvalue weighted by Crippen LogP contribution is -2.51. The number of nitrogens with zero attached hydrogens (tertiary/aromatic N) is 6. The van der Waals surface area contributed by atoms with Gasteiger partial charge in [-0.25, -0.2) is 23.4 Å². The van der Waals surface area contributed by atoms with Crippen LogP contribution in [-0.2, 0) is 20.7 Å². The Hall–Kier alpha value is -4.00. The van der Waals surface area contributed by atoms with Gasteiger partial charge in [-0.2, -0.15) is 5.10 Å². The van der Waals surface area contributed by atoms with Gasteiger partial charge in [-0.15, -0.1) is 0 Å². The molecular weight excluding hydrogens is 598 g/mol. The molecule has 0 aliphatic carbocycles. The van der Waals surface area contributed by atoms with Gasteiger partial charge in [0.2, 0.25) is 0 Å². The number of hydrogen-bond acceptors (Lipinski definition) is 8. The van der Waals surface area contributed by atoms with E-state index in [4.69, 9.17) is 14.0 Å². The van der Waals surface area contributed by atoms with E-state index in [1.54, 1.807) is 17.2 Å². The number of piperazine rings is 1. The van der Waals surface area contributed by atoms with Crippen LogP contribution in [0.2, 0.25) is 0 Å². The molecule has 0 N–H and O–H groups in total. The molecule has 0 radical (unpaired) electrons. The van der Waals surface area contributed by atoms with E-state index >= 15 is 4.39 Å². The maximum Gasteiger partial charge on any atom is 0.494 e. The van der Waals surface area contributed by atoms with Gasteiger partial charge in [0, 0.05) is 18.8 Å². The molecule has 0 spiro atoms. The molecule has 1 unspecified atom stereocenters. The molecule has 12 heteroatoms. The second kappa shape index (κ2) is 13.3. The lowest BCUT2D eigenvalue weighted by Gasteiger charge is -2.39. The maximum absolute atomic E-state index is 15.5. The summed E-state index contributed by atoms with van der Waals surface area (Å²) >= 11 is 0. The first-order valence-electron chi connectivity index (χ1n) is 16.4. The minimum absolute atomic E-state index is 0.191. The molecule has 2 aromatic heterocycles. The Morgan fingerprint density at radius 3 is 2.28 bits per heavy atom. The number of hydrogen-bond donors (Lipinski definition) is 0. The first-order valence-corrected chi connectivity index (χ1v) is 16.4. The highest BCUT2D eigenvalue weighted by Crippen LogP contribution is 2.36. The number of pyridine rings is 1. The van der Waals surface area contributed by atoms with E-state index in [1.165, 1.54) is 15.6 Å². The maximum atomic E-state index is 15.5. The Bertz CT molecular complexity index is 1680. The SMILES string of the molecule is CC[C@@H]([C@H](C)OCc1ccccc1)n1ncn(-c2ccc(N3CCN(c4ccc(B5OC(C)(C)C(C)(C)O5)cc4)C(F)C3)cn2)c1=O. The molecular formula is C35H44BFN6O4. The third-order valence-corrected chi connectivity index (χ3v) is 9.74. The fourth-order valence-electron chi connectivity index (χ4n) is 6.09. The minimum Gasteiger partial charge on any atom is -0.399 e. The highest BCUT2D eigenvalue weighted by atomic mass is 19.1. The van der Waals surface area contributed by atoms with Crippen LogP contribution in [0.3, 0.4) is 0 Å². The number of benzene rings is 2. The molecule has 0 saturated carbocycles. The third-order valence-electron chi connectivity index (χ3n) is 9.74. The van der Waals surface area contributed by atoms with Crippen LogP contribution in [0.1, 0.15) is 59.6 Å². The van der Waals surface area contributed by atoms with E-state index in [1.807, 2.05) is 107 Å². The Balaban J connectivity index is 1.07. The van der Waals surface area contributed by atoms with Crippen molar-refractivity contribution in [3.63, 3.8) is 0 Å². The van der Waals surface area contributed by atoms with Gasteiger partial charge >= 0.3 is 12.8 Å². The fraction of sp³-hybridized carbons (Fsp3) is 0.457. The summed E-state index contributed by atoms with van der Waals surface area (Å²) in [6.07, 6.45) is 2.43. The lowest BCUT2D eigenvalue weighted by molar-refractivity contribution is 0.00578. The number of alkyl halides is 1. The zero-order valence-electron chi connectivity index (χ0n) is 28.0. The molecule has 6 rings (SSSR count). The molecule has 2 aliphatic heterocycles. The predicted octanol–water partition coefficient (Wildman–Crippen LogP) is 4.91. The van der Waals surface area contributed by atoms with Gasteiger partial charge in [-0.1, -0.05) is 49.4 Å². The zero-order valence-corrected chi connectivity index (χ0v) is 28.0. The number of anilines is 2. The molecule has 0 bridgehead atoms. The molecule has 2 saturated heterocycles. The number of halogens is 1. The monoisotopic (exact) mass is 642 g/mol. The van der Waals surface area contributed by atoms with Crippen molar-refractivity contribution in [2.45, 2.75) is 84.2 Å². The quantitative estimate of drug-likeness (QED) is 0.178. The summed E-state index contributed by atoms with van der Waals surface area (Å²) in [5.41, 5.74) is 2.47. The molecule has 2 aliphatic rings. The van der Waals surface area contributed by atoms with Crippen LogP contribution in [0.15, 0.2) is 84.0 Å². The summed E-state index contributed by atoms with van der Waals surface area (Å²) in [5.74, 6) is 0.454. The smallest absolute Gasteiger partial charge is 0.399 e. The van der Waals surface area contributed by atoms with Crippen molar-refractivity contribution in [2.75, 3.05) is 29.4 Å². The van der Waals surface area contributed by atoms with Crippen molar-refractivity contribution in [2.24, 2.45) is 0 Å². The van der Waals surface area contributed by atoms with E-state index in [-0.39, 0.29) is 24.4 Å². The standard InChI is InChI=1S/C35H44BFN6O4/c1-7-30(25(2)45-23-26-11-9-8-10-12-26)43-33(44)42(24-39-43)32-18-17-29(21-38-32)40-19-20-41(31(37)22-40)28-15-13-27(14-16-28)36-46-34(3,4)35(5,6)47-36/h8-18,21,24-25,30-31H,7,19-20,22-23H2,1-6H3/t25-,30-,31?/m0/s1. The number of aromatic nitrogens is 4. The molecule has 4 aromatic rings. The summed E-state index contributed by atoms with van der Waals surface area (Å²) in [6.45, 7) is 13.9. The molecule has 10 nitrogen and oxygen atoms in total. The van der Waals surface area contributed by atoms with E-state index < -0.39 is 24.6 Å². The van der Waals surface area contributed by atoms with E-state index in [0.29, 0.717) is 31.9 Å². The van der Waals surface area contributed by atoms with E-state index in [2.05, 4.69) is 10.1 Å². The molecule has 0 amide bonds. The molecule has 248 valence electrons. The summed E-state index contributed by atoms with van der Waals surface area (Å²) in [4.78, 5) is 21.7. The fourth-order valence-corrected chi connectivity index (χ4v) is 6.09. The topological polar surface area (TPSA) is 86.9 Å². The Morgan fingerprint density at radius 1 is 0.979 bits per heavy atom. The van der Waals surface area contributed by atoms with Crippen LogP contribution in [0.5, 0.6) is 0 Å². The van der Waals surface area contributed by atoms with Crippen LogP contribution in [0.25, 0.3) is 5.82 Å². The second-order valence-electron chi connectivity index (χ2n) is 13.3. The largest absolute Gasteiger partial charge is 0.494 e. The van der Waals surface area contributed by atoms with Gasteiger partial charge in [-0.05, 0) is 76.3 Å².